The van der Waals surface area contributed by atoms with Crippen LogP contribution in [-0.2, 0) is 6.54 Å². The molecular weight excluding hydrogens is 333 g/mol. The Bertz CT molecular complexity index is 969. The molecule has 5 rings (SSSR count). The predicted molar refractivity (Wildman–Crippen MR) is 91.7 cm³/mol. The van der Waals surface area contributed by atoms with E-state index in [9.17, 15) is 9.18 Å². The van der Waals surface area contributed by atoms with Gasteiger partial charge in [-0.25, -0.2) is 9.37 Å². The fourth-order valence-corrected chi connectivity index (χ4v) is 3.80. The molecule has 0 bridgehead atoms. The van der Waals surface area contributed by atoms with Gasteiger partial charge in [-0.2, -0.15) is 0 Å². The fourth-order valence-electron chi connectivity index (χ4n) is 3.80. The Morgan fingerprint density at radius 1 is 1.19 bits per heavy atom. The number of rotatable bonds is 4. The smallest absolute Gasteiger partial charge is 0.254 e. The van der Waals surface area contributed by atoms with E-state index < -0.39 is 0 Å². The molecule has 0 N–H and O–H groups in total. The molecule has 2 aliphatic rings. The molecule has 1 fully saturated rings. The summed E-state index contributed by atoms with van der Waals surface area (Å²) in [6.45, 7) is 1.25. The molecule has 1 amide bonds. The number of carbonyl (C=O) groups excluding carboxylic acids is 1. The minimum absolute atomic E-state index is 0.0473. The highest BCUT2D eigenvalue weighted by atomic mass is 19.1. The first-order valence-electron chi connectivity index (χ1n) is 8.63. The Labute approximate surface area is 149 Å². The van der Waals surface area contributed by atoms with Gasteiger partial charge in [-0.15, -0.1) is 0 Å². The molecule has 1 aromatic carbocycles. The van der Waals surface area contributed by atoms with Crippen molar-refractivity contribution < 1.29 is 13.6 Å². The highest BCUT2D eigenvalue weighted by molar-refractivity contribution is 6.00. The van der Waals surface area contributed by atoms with Crippen molar-refractivity contribution in [3.63, 3.8) is 0 Å². The lowest BCUT2D eigenvalue weighted by atomic mass is 10.0. The Morgan fingerprint density at radius 2 is 2.08 bits per heavy atom. The van der Waals surface area contributed by atoms with Gasteiger partial charge in [0.2, 0.25) is 5.89 Å². The van der Waals surface area contributed by atoms with Crippen LogP contribution in [0.4, 0.5) is 4.39 Å². The van der Waals surface area contributed by atoms with Crippen molar-refractivity contribution in [1.29, 1.82) is 0 Å². The number of halogens is 1. The maximum atomic E-state index is 13.0. The van der Waals surface area contributed by atoms with E-state index in [1.54, 1.807) is 12.3 Å². The van der Waals surface area contributed by atoms with Crippen molar-refractivity contribution in [2.24, 2.45) is 5.92 Å². The average Bonchev–Trinajstić information content (AvgIpc) is 3.06. The summed E-state index contributed by atoms with van der Waals surface area (Å²) in [6.07, 6.45) is 5.37. The summed E-state index contributed by atoms with van der Waals surface area (Å²) < 4.78 is 18.4. The maximum Gasteiger partial charge on any atom is 0.254 e. The van der Waals surface area contributed by atoms with Crippen LogP contribution in [0.5, 0.6) is 0 Å². The van der Waals surface area contributed by atoms with E-state index in [1.807, 2.05) is 23.1 Å². The van der Waals surface area contributed by atoms with E-state index in [-0.39, 0.29) is 11.7 Å². The molecule has 1 saturated carbocycles. The molecule has 1 aliphatic carbocycles. The molecule has 3 aromatic rings. The SMILES string of the molecule is O=C1c2cccc(-c3ncco3)c2CN1CC1CC1c1ccc(F)cn1. The number of benzene rings is 1. The summed E-state index contributed by atoms with van der Waals surface area (Å²) in [5, 5.41) is 0. The second-order valence-corrected chi connectivity index (χ2v) is 6.86. The number of amides is 1. The zero-order chi connectivity index (χ0) is 17.7. The molecule has 26 heavy (non-hydrogen) atoms. The molecule has 0 spiro atoms. The van der Waals surface area contributed by atoms with Crippen molar-refractivity contribution in [2.75, 3.05) is 6.54 Å². The predicted octanol–water partition coefficient (Wildman–Crippen LogP) is 3.64. The molecule has 1 aliphatic heterocycles. The molecule has 6 heteroatoms. The second kappa shape index (κ2) is 5.76. The molecule has 3 heterocycles. The third-order valence-corrected chi connectivity index (χ3v) is 5.21. The van der Waals surface area contributed by atoms with E-state index in [4.69, 9.17) is 4.42 Å². The van der Waals surface area contributed by atoms with E-state index >= 15 is 0 Å². The molecule has 130 valence electrons. The second-order valence-electron chi connectivity index (χ2n) is 6.86. The normalized spacial score (nSPS) is 21.1. The van der Waals surface area contributed by atoms with Gasteiger partial charge in [-0.1, -0.05) is 6.07 Å². The summed E-state index contributed by atoms with van der Waals surface area (Å²) in [6, 6.07) is 8.83. The first kappa shape index (κ1) is 15.3. The third-order valence-electron chi connectivity index (χ3n) is 5.21. The zero-order valence-electron chi connectivity index (χ0n) is 13.9. The molecule has 0 saturated heterocycles. The monoisotopic (exact) mass is 349 g/mol. The van der Waals surface area contributed by atoms with Gasteiger partial charge in [-0.05, 0) is 42.2 Å². The number of carbonyl (C=O) groups is 1. The van der Waals surface area contributed by atoms with Gasteiger partial charge < -0.3 is 9.32 Å². The summed E-state index contributed by atoms with van der Waals surface area (Å²) in [7, 11) is 0. The lowest BCUT2D eigenvalue weighted by molar-refractivity contribution is 0.0770. The Kier molecular flexibility index (Phi) is 3.38. The first-order valence-corrected chi connectivity index (χ1v) is 8.63. The van der Waals surface area contributed by atoms with Gasteiger partial charge in [0.25, 0.3) is 5.91 Å². The summed E-state index contributed by atoms with van der Waals surface area (Å²) in [5.74, 6) is 0.937. The number of hydrogen-bond donors (Lipinski definition) is 0. The van der Waals surface area contributed by atoms with Gasteiger partial charge in [0.05, 0.1) is 12.4 Å². The van der Waals surface area contributed by atoms with Crippen LogP contribution in [0.25, 0.3) is 11.5 Å². The van der Waals surface area contributed by atoms with Crippen LogP contribution in [0.3, 0.4) is 0 Å². The van der Waals surface area contributed by atoms with Gasteiger partial charge in [0.1, 0.15) is 12.1 Å². The molecule has 2 aromatic heterocycles. The third kappa shape index (κ3) is 2.49. The summed E-state index contributed by atoms with van der Waals surface area (Å²) in [5.41, 5.74) is 3.46. The van der Waals surface area contributed by atoms with Gasteiger partial charge in [0, 0.05) is 35.8 Å². The number of nitrogens with zero attached hydrogens (tertiary/aromatic N) is 3. The van der Waals surface area contributed by atoms with E-state index in [2.05, 4.69) is 9.97 Å². The number of hydrogen-bond acceptors (Lipinski definition) is 4. The number of aromatic nitrogens is 2. The van der Waals surface area contributed by atoms with Gasteiger partial charge >= 0.3 is 0 Å². The van der Waals surface area contributed by atoms with Gasteiger partial charge in [-0.3, -0.25) is 9.78 Å². The zero-order valence-corrected chi connectivity index (χ0v) is 13.9. The maximum absolute atomic E-state index is 13.0. The minimum atomic E-state index is -0.324. The highest BCUT2D eigenvalue weighted by Gasteiger charge is 2.43. The van der Waals surface area contributed by atoms with Crippen LogP contribution < -0.4 is 0 Å². The minimum Gasteiger partial charge on any atom is -0.445 e. The largest absolute Gasteiger partial charge is 0.445 e. The Balaban J connectivity index is 1.34. The highest BCUT2D eigenvalue weighted by Crippen LogP contribution is 2.48. The average molecular weight is 349 g/mol. The molecule has 2 unspecified atom stereocenters. The quantitative estimate of drug-likeness (QED) is 0.722. The van der Waals surface area contributed by atoms with E-state index in [0.717, 1.165) is 28.8 Å². The van der Waals surface area contributed by atoms with E-state index in [0.29, 0.717) is 30.8 Å². The van der Waals surface area contributed by atoms with E-state index in [1.165, 1.54) is 18.5 Å². The number of fused-ring (bicyclic) bond motifs is 1. The molecule has 0 radical (unpaired) electrons. The van der Waals surface area contributed by atoms with Crippen molar-refractivity contribution in [1.82, 2.24) is 14.9 Å². The first-order chi connectivity index (χ1) is 12.7. The molecular formula is C20H16FN3O2. The van der Waals surface area contributed by atoms with Crippen molar-refractivity contribution in [3.05, 3.63) is 71.6 Å². The van der Waals surface area contributed by atoms with Crippen molar-refractivity contribution in [2.45, 2.75) is 18.9 Å². The van der Waals surface area contributed by atoms with Crippen molar-refractivity contribution in [3.8, 4) is 11.5 Å². The summed E-state index contributed by atoms with van der Waals surface area (Å²) in [4.78, 5) is 23.0. The lowest BCUT2D eigenvalue weighted by Crippen LogP contribution is -2.26. The lowest BCUT2D eigenvalue weighted by Gasteiger charge is -2.15. The topological polar surface area (TPSA) is 59.2 Å². The van der Waals surface area contributed by atoms with Gasteiger partial charge in [0.15, 0.2) is 0 Å². The summed E-state index contributed by atoms with van der Waals surface area (Å²) >= 11 is 0. The Morgan fingerprint density at radius 3 is 2.85 bits per heavy atom. The fraction of sp³-hybridized carbons (Fsp3) is 0.250. The van der Waals surface area contributed by atoms with Crippen LogP contribution >= 0.6 is 0 Å². The van der Waals surface area contributed by atoms with Crippen LogP contribution in [0.2, 0.25) is 0 Å². The number of pyridine rings is 1. The molecule has 5 nitrogen and oxygen atoms in total. The van der Waals surface area contributed by atoms with Crippen LogP contribution in [0.15, 0.2) is 53.4 Å². The number of oxazole rings is 1. The van der Waals surface area contributed by atoms with Crippen molar-refractivity contribution >= 4 is 5.91 Å². The van der Waals surface area contributed by atoms with Crippen LogP contribution in [0, 0.1) is 11.7 Å². The standard InChI is InChI=1S/C20H16FN3O2/c21-13-4-5-18(23-9-13)16-8-12(16)10-24-11-17-14(19-22-6-7-26-19)2-1-3-15(17)20(24)25/h1-7,9,12,16H,8,10-11H2. The Hall–Kier alpha value is -3.02. The molecule has 2 atom stereocenters. The van der Waals surface area contributed by atoms with Crippen LogP contribution in [-0.4, -0.2) is 27.3 Å². The van der Waals surface area contributed by atoms with Crippen LogP contribution in [0.1, 0.15) is 34.0 Å².